The molecule has 0 fully saturated rings. The number of hydrogen-bond acceptors (Lipinski definition) is 3. The molecular formula is C20H22N2O3. The summed E-state index contributed by atoms with van der Waals surface area (Å²) < 4.78 is 0. The van der Waals surface area contributed by atoms with Gasteiger partial charge in [0.25, 0.3) is 0 Å². The fourth-order valence-electron chi connectivity index (χ4n) is 2.41. The molecule has 3 N–H and O–H groups in total. The van der Waals surface area contributed by atoms with Crippen molar-refractivity contribution < 1.29 is 14.7 Å². The van der Waals surface area contributed by atoms with Crippen LogP contribution < -0.4 is 10.6 Å². The van der Waals surface area contributed by atoms with E-state index >= 15 is 0 Å². The predicted molar refractivity (Wildman–Crippen MR) is 98.8 cm³/mol. The second-order valence-corrected chi connectivity index (χ2v) is 5.62. The highest BCUT2D eigenvalue weighted by Gasteiger charge is 2.12. The van der Waals surface area contributed by atoms with E-state index in [0.717, 1.165) is 11.1 Å². The zero-order valence-corrected chi connectivity index (χ0v) is 14.1. The smallest absolute Gasteiger partial charge is 0.244 e. The lowest BCUT2D eigenvalue weighted by Crippen LogP contribution is -2.27. The molecule has 0 aliphatic carbocycles. The molecule has 0 saturated heterocycles. The van der Waals surface area contributed by atoms with Crippen LogP contribution in [0.2, 0.25) is 0 Å². The average molecular weight is 338 g/mol. The maximum atomic E-state index is 12.2. The normalized spacial score (nSPS) is 11.9. The average Bonchev–Trinajstić information content (AvgIpc) is 2.61. The second-order valence-electron chi connectivity index (χ2n) is 5.62. The number of aliphatic hydroxyl groups is 1. The first kappa shape index (κ1) is 18.4. The molecule has 0 aliphatic heterocycles. The first-order valence-corrected chi connectivity index (χ1v) is 8.10. The van der Waals surface area contributed by atoms with E-state index in [4.69, 9.17) is 0 Å². The molecule has 0 radical (unpaired) electrons. The molecule has 0 bridgehead atoms. The standard InChI is InChI=1S/C20H22N2O3/c1-15(24)21-18-10-7-16(8-11-18)9-12-20(25)22-19(13-14-23)17-5-3-2-4-6-17/h2-12,19,23H,13-14H2,1H3,(H,21,24)(H,22,25)/b12-9+. The molecule has 25 heavy (non-hydrogen) atoms. The van der Waals surface area contributed by atoms with Gasteiger partial charge in [-0.15, -0.1) is 0 Å². The van der Waals surface area contributed by atoms with E-state index in [0.29, 0.717) is 12.1 Å². The molecule has 2 rings (SSSR count). The lowest BCUT2D eigenvalue weighted by Gasteiger charge is -2.17. The first-order valence-electron chi connectivity index (χ1n) is 8.10. The summed E-state index contributed by atoms with van der Waals surface area (Å²) in [5, 5.41) is 14.8. The fraction of sp³-hybridized carbons (Fsp3) is 0.200. The number of carbonyl (C=O) groups excluding carboxylic acids is 2. The van der Waals surface area contributed by atoms with E-state index in [9.17, 15) is 14.7 Å². The lowest BCUT2D eigenvalue weighted by atomic mass is 10.0. The van der Waals surface area contributed by atoms with Crippen LogP contribution >= 0.6 is 0 Å². The van der Waals surface area contributed by atoms with Crippen molar-refractivity contribution in [3.63, 3.8) is 0 Å². The van der Waals surface area contributed by atoms with Crippen molar-refractivity contribution in [1.29, 1.82) is 0 Å². The Bertz CT molecular complexity index is 724. The minimum absolute atomic E-state index is 0.00579. The molecule has 5 heteroatoms. The van der Waals surface area contributed by atoms with Crippen LogP contribution in [0.5, 0.6) is 0 Å². The van der Waals surface area contributed by atoms with E-state index in [1.54, 1.807) is 18.2 Å². The summed E-state index contributed by atoms with van der Waals surface area (Å²) in [6.45, 7) is 1.45. The van der Waals surface area contributed by atoms with E-state index < -0.39 is 0 Å². The van der Waals surface area contributed by atoms with E-state index in [1.807, 2.05) is 42.5 Å². The van der Waals surface area contributed by atoms with Gasteiger partial charge in [-0.05, 0) is 35.8 Å². The molecule has 0 saturated carbocycles. The number of rotatable bonds is 7. The van der Waals surface area contributed by atoms with Gasteiger partial charge >= 0.3 is 0 Å². The molecule has 0 heterocycles. The maximum Gasteiger partial charge on any atom is 0.244 e. The molecule has 1 atom stereocenters. The van der Waals surface area contributed by atoms with Crippen LogP contribution in [-0.2, 0) is 9.59 Å². The Kier molecular flexibility index (Phi) is 6.92. The van der Waals surface area contributed by atoms with Crippen LogP contribution in [0, 0.1) is 0 Å². The lowest BCUT2D eigenvalue weighted by molar-refractivity contribution is -0.117. The predicted octanol–water partition coefficient (Wildman–Crippen LogP) is 2.90. The third-order valence-electron chi connectivity index (χ3n) is 3.59. The number of benzene rings is 2. The minimum Gasteiger partial charge on any atom is -0.396 e. The van der Waals surface area contributed by atoms with Crippen molar-refractivity contribution >= 4 is 23.6 Å². The SMILES string of the molecule is CC(=O)Nc1ccc(/C=C/C(=O)NC(CCO)c2ccccc2)cc1. The largest absolute Gasteiger partial charge is 0.396 e. The van der Waals surface area contributed by atoms with Gasteiger partial charge in [0.1, 0.15) is 0 Å². The monoisotopic (exact) mass is 338 g/mol. The zero-order chi connectivity index (χ0) is 18.1. The van der Waals surface area contributed by atoms with Gasteiger partial charge in [-0.1, -0.05) is 42.5 Å². The Balaban J connectivity index is 1.97. The second kappa shape index (κ2) is 9.39. The van der Waals surface area contributed by atoms with Crippen molar-refractivity contribution in [2.24, 2.45) is 0 Å². The molecule has 0 spiro atoms. The van der Waals surface area contributed by atoms with E-state index in [-0.39, 0.29) is 24.5 Å². The third kappa shape index (κ3) is 6.24. The molecule has 5 nitrogen and oxygen atoms in total. The Morgan fingerprint density at radius 2 is 1.76 bits per heavy atom. The van der Waals surface area contributed by atoms with Crippen molar-refractivity contribution in [2.75, 3.05) is 11.9 Å². The van der Waals surface area contributed by atoms with Crippen molar-refractivity contribution in [2.45, 2.75) is 19.4 Å². The van der Waals surface area contributed by atoms with Gasteiger partial charge < -0.3 is 15.7 Å². The third-order valence-corrected chi connectivity index (χ3v) is 3.59. The minimum atomic E-state index is -0.231. The van der Waals surface area contributed by atoms with Crippen molar-refractivity contribution in [3.8, 4) is 0 Å². The summed E-state index contributed by atoms with van der Waals surface area (Å²) in [5.74, 6) is -0.355. The van der Waals surface area contributed by atoms with Crippen LogP contribution in [0.25, 0.3) is 6.08 Å². The number of aliphatic hydroxyl groups excluding tert-OH is 1. The van der Waals surface area contributed by atoms with Gasteiger partial charge in [-0.3, -0.25) is 9.59 Å². The van der Waals surface area contributed by atoms with Crippen LogP contribution in [-0.4, -0.2) is 23.5 Å². The van der Waals surface area contributed by atoms with Gasteiger partial charge in [0, 0.05) is 25.3 Å². The van der Waals surface area contributed by atoms with E-state index in [2.05, 4.69) is 10.6 Å². The molecule has 2 aromatic carbocycles. The highest BCUT2D eigenvalue weighted by molar-refractivity contribution is 5.92. The van der Waals surface area contributed by atoms with Gasteiger partial charge in [-0.2, -0.15) is 0 Å². The molecule has 2 aromatic rings. The Labute approximate surface area is 147 Å². The number of amides is 2. The summed E-state index contributed by atoms with van der Waals surface area (Å²) in [4.78, 5) is 23.1. The molecule has 0 aromatic heterocycles. The van der Waals surface area contributed by atoms with Gasteiger partial charge in [0.15, 0.2) is 0 Å². The van der Waals surface area contributed by atoms with Crippen LogP contribution in [0.3, 0.4) is 0 Å². The quantitative estimate of drug-likeness (QED) is 0.679. The fourth-order valence-corrected chi connectivity index (χ4v) is 2.41. The van der Waals surface area contributed by atoms with Gasteiger partial charge in [0.05, 0.1) is 6.04 Å². The number of hydrogen-bond donors (Lipinski definition) is 3. The summed E-state index contributed by atoms with van der Waals surface area (Å²) in [5.41, 5.74) is 2.52. The molecule has 1 unspecified atom stereocenters. The summed E-state index contributed by atoms with van der Waals surface area (Å²) in [7, 11) is 0. The Hall–Kier alpha value is -2.92. The topological polar surface area (TPSA) is 78.4 Å². The number of anilines is 1. The highest BCUT2D eigenvalue weighted by Crippen LogP contribution is 2.16. The summed E-state index contributed by atoms with van der Waals surface area (Å²) in [6.07, 6.45) is 3.61. The molecular weight excluding hydrogens is 316 g/mol. The zero-order valence-electron chi connectivity index (χ0n) is 14.1. The highest BCUT2D eigenvalue weighted by atomic mass is 16.3. The Morgan fingerprint density at radius 3 is 2.36 bits per heavy atom. The number of nitrogens with one attached hydrogen (secondary N) is 2. The molecule has 130 valence electrons. The Morgan fingerprint density at radius 1 is 1.08 bits per heavy atom. The molecule has 0 aliphatic rings. The maximum absolute atomic E-state index is 12.2. The van der Waals surface area contributed by atoms with Gasteiger partial charge in [-0.25, -0.2) is 0 Å². The van der Waals surface area contributed by atoms with Crippen LogP contribution in [0.1, 0.15) is 30.5 Å². The van der Waals surface area contributed by atoms with Crippen LogP contribution in [0.15, 0.2) is 60.7 Å². The van der Waals surface area contributed by atoms with E-state index in [1.165, 1.54) is 13.0 Å². The van der Waals surface area contributed by atoms with Crippen molar-refractivity contribution in [3.05, 3.63) is 71.8 Å². The summed E-state index contributed by atoms with van der Waals surface area (Å²) in [6, 6.07) is 16.5. The van der Waals surface area contributed by atoms with Crippen LogP contribution in [0.4, 0.5) is 5.69 Å². The number of carbonyl (C=O) groups is 2. The van der Waals surface area contributed by atoms with Crippen molar-refractivity contribution in [1.82, 2.24) is 5.32 Å². The summed E-state index contributed by atoms with van der Waals surface area (Å²) >= 11 is 0. The first-order chi connectivity index (χ1) is 12.1. The molecule has 2 amide bonds. The van der Waals surface area contributed by atoms with Gasteiger partial charge in [0.2, 0.25) is 11.8 Å².